The van der Waals surface area contributed by atoms with E-state index < -0.39 is 0 Å². The van der Waals surface area contributed by atoms with Crippen LogP contribution in [0.5, 0.6) is 0 Å². The van der Waals surface area contributed by atoms with Gasteiger partial charge in [-0.25, -0.2) is 0 Å². The molecule has 1 amide bonds. The molecule has 1 aliphatic carbocycles. The Kier molecular flexibility index (Phi) is 3.89. The Hall–Kier alpha value is -0.810. The van der Waals surface area contributed by atoms with E-state index in [4.69, 9.17) is 5.73 Å². The van der Waals surface area contributed by atoms with Crippen molar-refractivity contribution in [3.63, 3.8) is 0 Å². The van der Waals surface area contributed by atoms with E-state index >= 15 is 0 Å². The Labute approximate surface area is 110 Å². The van der Waals surface area contributed by atoms with Crippen molar-refractivity contribution < 1.29 is 4.79 Å². The molecular formula is C12H18BrN3O. The van der Waals surface area contributed by atoms with Crippen molar-refractivity contribution in [2.45, 2.75) is 37.8 Å². The summed E-state index contributed by atoms with van der Waals surface area (Å²) in [5, 5.41) is 0. The second kappa shape index (κ2) is 5.23. The molecule has 17 heavy (non-hydrogen) atoms. The van der Waals surface area contributed by atoms with Gasteiger partial charge in [-0.15, -0.1) is 0 Å². The summed E-state index contributed by atoms with van der Waals surface area (Å²) in [4.78, 5) is 17.0. The maximum absolute atomic E-state index is 12.2. The lowest BCUT2D eigenvalue weighted by Gasteiger charge is -2.33. The summed E-state index contributed by atoms with van der Waals surface area (Å²) < 4.78 is 0.903. The molecule has 0 spiro atoms. The van der Waals surface area contributed by atoms with Crippen molar-refractivity contribution in [3.8, 4) is 0 Å². The molecule has 4 nitrogen and oxygen atoms in total. The number of hydrogen-bond donors (Lipinski definition) is 2. The topological polar surface area (TPSA) is 62.1 Å². The summed E-state index contributed by atoms with van der Waals surface area (Å²) >= 11 is 3.33. The van der Waals surface area contributed by atoms with Gasteiger partial charge in [0.2, 0.25) is 0 Å². The van der Waals surface area contributed by atoms with Crippen molar-refractivity contribution in [2.24, 2.45) is 5.73 Å². The largest absolute Gasteiger partial charge is 0.356 e. The van der Waals surface area contributed by atoms with Crippen LogP contribution in [-0.4, -0.2) is 34.9 Å². The number of halogens is 1. The van der Waals surface area contributed by atoms with Gasteiger partial charge in [-0.3, -0.25) is 4.79 Å². The van der Waals surface area contributed by atoms with Crippen LogP contribution in [0.25, 0.3) is 0 Å². The van der Waals surface area contributed by atoms with Gasteiger partial charge in [0.1, 0.15) is 5.69 Å². The predicted octanol–water partition coefficient (Wildman–Crippen LogP) is 2.12. The number of nitrogens with two attached hydrogens (primary N) is 1. The zero-order valence-electron chi connectivity index (χ0n) is 9.95. The van der Waals surface area contributed by atoms with Crippen LogP contribution in [0.15, 0.2) is 16.7 Å². The summed E-state index contributed by atoms with van der Waals surface area (Å²) in [6, 6.07) is 2.45. The number of H-pyrrole nitrogens is 1. The molecule has 1 saturated carbocycles. The van der Waals surface area contributed by atoms with Crippen LogP contribution in [0.4, 0.5) is 0 Å². The third-order valence-corrected chi connectivity index (χ3v) is 3.95. The molecule has 5 heteroatoms. The highest BCUT2D eigenvalue weighted by molar-refractivity contribution is 9.10. The lowest BCUT2D eigenvalue weighted by Crippen LogP contribution is -2.41. The number of aromatic amines is 1. The molecule has 1 aromatic rings. The minimum Gasteiger partial charge on any atom is -0.356 e. The SMILES string of the molecule is CN(C(=O)c1cc(Br)c[nH]1)C1CCC(N)CC1. The van der Waals surface area contributed by atoms with Crippen LogP contribution in [0, 0.1) is 0 Å². The number of carbonyl (C=O) groups is 1. The average Bonchev–Trinajstić information content (AvgIpc) is 2.75. The first-order valence-electron chi connectivity index (χ1n) is 5.94. The lowest BCUT2D eigenvalue weighted by atomic mass is 9.91. The minimum atomic E-state index is 0.0520. The molecule has 0 atom stereocenters. The van der Waals surface area contributed by atoms with Gasteiger partial charge in [-0.1, -0.05) is 0 Å². The molecule has 1 aromatic heterocycles. The summed E-state index contributed by atoms with van der Waals surface area (Å²) in [6.07, 6.45) is 5.81. The fraction of sp³-hybridized carbons (Fsp3) is 0.583. The first kappa shape index (κ1) is 12.6. The highest BCUT2D eigenvalue weighted by Crippen LogP contribution is 2.22. The van der Waals surface area contributed by atoms with Gasteiger partial charge in [0.25, 0.3) is 5.91 Å². The van der Waals surface area contributed by atoms with E-state index in [1.165, 1.54) is 0 Å². The third-order valence-electron chi connectivity index (χ3n) is 3.49. The quantitative estimate of drug-likeness (QED) is 0.879. The number of hydrogen-bond acceptors (Lipinski definition) is 2. The Bertz CT molecular complexity index is 396. The monoisotopic (exact) mass is 299 g/mol. The maximum Gasteiger partial charge on any atom is 0.270 e. The summed E-state index contributed by atoms with van der Waals surface area (Å²) in [5.74, 6) is 0.0520. The Morgan fingerprint density at radius 2 is 2.12 bits per heavy atom. The van der Waals surface area contributed by atoms with E-state index in [2.05, 4.69) is 20.9 Å². The first-order chi connectivity index (χ1) is 8.08. The molecule has 1 heterocycles. The first-order valence-corrected chi connectivity index (χ1v) is 6.74. The summed E-state index contributed by atoms with van der Waals surface area (Å²) in [6.45, 7) is 0. The molecule has 2 rings (SSSR count). The molecule has 1 aliphatic rings. The maximum atomic E-state index is 12.2. The zero-order chi connectivity index (χ0) is 12.4. The van der Waals surface area contributed by atoms with Crippen molar-refractivity contribution in [1.29, 1.82) is 0 Å². The normalized spacial score (nSPS) is 24.6. The summed E-state index contributed by atoms with van der Waals surface area (Å²) in [5.41, 5.74) is 6.51. The molecule has 1 fully saturated rings. The molecular weight excluding hydrogens is 282 g/mol. The predicted molar refractivity (Wildman–Crippen MR) is 70.8 cm³/mol. The van der Waals surface area contributed by atoms with Gasteiger partial charge in [0, 0.05) is 29.8 Å². The minimum absolute atomic E-state index is 0.0520. The van der Waals surface area contributed by atoms with Gasteiger partial charge in [0.05, 0.1) is 0 Å². The Morgan fingerprint density at radius 3 is 2.65 bits per heavy atom. The number of carbonyl (C=O) groups excluding carboxylic acids is 1. The Morgan fingerprint density at radius 1 is 1.47 bits per heavy atom. The van der Waals surface area contributed by atoms with Crippen molar-refractivity contribution in [3.05, 3.63) is 22.4 Å². The molecule has 0 saturated heterocycles. The number of rotatable bonds is 2. The molecule has 94 valence electrons. The molecule has 3 N–H and O–H groups in total. The number of aromatic nitrogens is 1. The van der Waals surface area contributed by atoms with E-state index in [0.29, 0.717) is 17.8 Å². The van der Waals surface area contributed by atoms with Crippen LogP contribution in [0.3, 0.4) is 0 Å². The summed E-state index contributed by atoms with van der Waals surface area (Å²) in [7, 11) is 1.87. The fourth-order valence-corrected chi connectivity index (χ4v) is 2.68. The van der Waals surface area contributed by atoms with Crippen LogP contribution in [0.1, 0.15) is 36.2 Å². The molecule has 0 radical (unpaired) electrons. The van der Waals surface area contributed by atoms with E-state index in [-0.39, 0.29) is 5.91 Å². The molecule has 0 unspecified atom stereocenters. The van der Waals surface area contributed by atoms with Crippen LogP contribution in [0.2, 0.25) is 0 Å². The smallest absolute Gasteiger partial charge is 0.270 e. The zero-order valence-corrected chi connectivity index (χ0v) is 11.5. The highest BCUT2D eigenvalue weighted by Gasteiger charge is 2.26. The van der Waals surface area contributed by atoms with E-state index in [0.717, 1.165) is 30.2 Å². The van der Waals surface area contributed by atoms with Crippen LogP contribution < -0.4 is 5.73 Å². The van der Waals surface area contributed by atoms with Crippen molar-refractivity contribution in [2.75, 3.05) is 7.05 Å². The molecule has 0 aliphatic heterocycles. The number of amides is 1. The molecule has 0 bridgehead atoms. The van der Waals surface area contributed by atoms with Gasteiger partial charge in [-0.2, -0.15) is 0 Å². The average molecular weight is 300 g/mol. The lowest BCUT2D eigenvalue weighted by molar-refractivity contribution is 0.0684. The van der Waals surface area contributed by atoms with Crippen molar-refractivity contribution in [1.82, 2.24) is 9.88 Å². The Balaban J connectivity index is 2.00. The van der Waals surface area contributed by atoms with Gasteiger partial charge >= 0.3 is 0 Å². The van der Waals surface area contributed by atoms with Crippen molar-refractivity contribution >= 4 is 21.8 Å². The van der Waals surface area contributed by atoms with Gasteiger partial charge in [-0.05, 0) is 47.7 Å². The number of nitrogens with zero attached hydrogens (tertiary/aromatic N) is 1. The fourth-order valence-electron chi connectivity index (χ4n) is 2.34. The molecule has 0 aromatic carbocycles. The van der Waals surface area contributed by atoms with Gasteiger partial charge < -0.3 is 15.6 Å². The van der Waals surface area contributed by atoms with Crippen LogP contribution in [-0.2, 0) is 0 Å². The standard InChI is InChI=1S/C12H18BrN3O/c1-16(10-4-2-9(14)3-5-10)12(17)11-6-8(13)7-15-11/h6-7,9-10,15H,2-5,14H2,1H3. The van der Waals surface area contributed by atoms with E-state index in [1.54, 1.807) is 6.20 Å². The second-order valence-corrected chi connectivity index (χ2v) is 5.63. The number of nitrogens with one attached hydrogen (secondary N) is 1. The van der Waals surface area contributed by atoms with Crippen LogP contribution >= 0.6 is 15.9 Å². The highest BCUT2D eigenvalue weighted by atomic mass is 79.9. The van der Waals surface area contributed by atoms with Gasteiger partial charge in [0.15, 0.2) is 0 Å². The van der Waals surface area contributed by atoms with E-state index in [1.807, 2.05) is 18.0 Å². The second-order valence-electron chi connectivity index (χ2n) is 4.72. The third kappa shape index (κ3) is 2.90. The van der Waals surface area contributed by atoms with E-state index in [9.17, 15) is 4.79 Å².